The Balaban J connectivity index is 2.57. The summed E-state index contributed by atoms with van der Waals surface area (Å²) in [4.78, 5) is 10.9. The minimum Gasteiger partial charge on any atom is -0.481 e. The quantitative estimate of drug-likeness (QED) is 0.908. The van der Waals surface area contributed by atoms with E-state index in [9.17, 15) is 4.79 Å². The first-order valence-corrected chi connectivity index (χ1v) is 6.02. The number of carboxylic acids is 1. The van der Waals surface area contributed by atoms with E-state index in [0.29, 0.717) is 5.02 Å². The highest BCUT2D eigenvalue weighted by Gasteiger charge is 2.11. The number of halogens is 1. The molecule has 0 fully saturated rings. The standard InChI is InChI=1S/C15H13ClO2/c1-10-12(7-4-8-14(10)16)13-6-3-2-5-11(13)9-15(17)18/h2-8H,9H2,1H3,(H,17,18). The molecule has 3 heteroatoms. The van der Waals surface area contributed by atoms with Crippen LogP contribution >= 0.6 is 11.6 Å². The topological polar surface area (TPSA) is 37.3 Å². The zero-order valence-corrected chi connectivity index (χ0v) is 10.7. The number of rotatable bonds is 3. The molecule has 0 aliphatic carbocycles. The second kappa shape index (κ2) is 5.23. The first-order valence-electron chi connectivity index (χ1n) is 5.65. The molecule has 2 aromatic rings. The highest BCUT2D eigenvalue weighted by molar-refractivity contribution is 6.31. The van der Waals surface area contributed by atoms with Crippen molar-refractivity contribution in [2.45, 2.75) is 13.3 Å². The summed E-state index contributed by atoms with van der Waals surface area (Å²) in [5.41, 5.74) is 3.69. The second-order valence-electron chi connectivity index (χ2n) is 4.14. The lowest BCUT2D eigenvalue weighted by Gasteiger charge is -2.11. The van der Waals surface area contributed by atoms with Crippen molar-refractivity contribution in [2.75, 3.05) is 0 Å². The van der Waals surface area contributed by atoms with Crippen molar-refractivity contribution in [3.8, 4) is 11.1 Å². The summed E-state index contributed by atoms with van der Waals surface area (Å²) in [6.45, 7) is 1.94. The normalized spacial score (nSPS) is 10.3. The summed E-state index contributed by atoms with van der Waals surface area (Å²) >= 11 is 6.11. The molecule has 0 saturated carbocycles. The molecule has 0 aliphatic rings. The van der Waals surface area contributed by atoms with Crippen LogP contribution in [0.25, 0.3) is 11.1 Å². The largest absolute Gasteiger partial charge is 0.481 e. The molecule has 0 amide bonds. The molecule has 0 radical (unpaired) electrons. The predicted molar refractivity (Wildman–Crippen MR) is 73.0 cm³/mol. The number of hydrogen-bond donors (Lipinski definition) is 1. The van der Waals surface area contributed by atoms with Crippen LogP contribution in [-0.2, 0) is 11.2 Å². The number of benzene rings is 2. The van der Waals surface area contributed by atoms with E-state index in [0.717, 1.165) is 22.3 Å². The highest BCUT2D eigenvalue weighted by Crippen LogP contribution is 2.30. The van der Waals surface area contributed by atoms with Gasteiger partial charge in [-0.25, -0.2) is 0 Å². The van der Waals surface area contributed by atoms with Crippen LogP contribution in [0.1, 0.15) is 11.1 Å². The van der Waals surface area contributed by atoms with Gasteiger partial charge in [0.05, 0.1) is 6.42 Å². The van der Waals surface area contributed by atoms with E-state index in [1.807, 2.05) is 49.4 Å². The summed E-state index contributed by atoms with van der Waals surface area (Å²) < 4.78 is 0. The van der Waals surface area contributed by atoms with Gasteiger partial charge in [0.15, 0.2) is 0 Å². The monoisotopic (exact) mass is 260 g/mol. The van der Waals surface area contributed by atoms with Gasteiger partial charge < -0.3 is 5.11 Å². The Bertz CT molecular complexity index is 591. The molecule has 0 atom stereocenters. The van der Waals surface area contributed by atoms with Gasteiger partial charge in [-0.2, -0.15) is 0 Å². The molecule has 0 spiro atoms. The van der Waals surface area contributed by atoms with Crippen molar-refractivity contribution >= 4 is 17.6 Å². The van der Waals surface area contributed by atoms with E-state index in [2.05, 4.69) is 0 Å². The molecule has 0 heterocycles. The smallest absolute Gasteiger partial charge is 0.307 e. The van der Waals surface area contributed by atoms with Gasteiger partial charge in [0, 0.05) is 5.02 Å². The molecule has 0 unspecified atom stereocenters. The van der Waals surface area contributed by atoms with Crippen LogP contribution in [0.4, 0.5) is 0 Å². The van der Waals surface area contributed by atoms with E-state index in [1.165, 1.54) is 0 Å². The van der Waals surface area contributed by atoms with Gasteiger partial charge >= 0.3 is 5.97 Å². The van der Waals surface area contributed by atoms with Crippen molar-refractivity contribution in [3.63, 3.8) is 0 Å². The maximum atomic E-state index is 10.9. The van der Waals surface area contributed by atoms with Gasteiger partial charge in [0.1, 0.15) is 0 Å². The van der Waals surface area contributed by atoms with Crippen LogP contribution in [0.5, 0.6) is 0 Å². The van der Waals surface area contributed by atoms with Gasteiger partial charge in [-0.1, -0.05) is 48.0 Å². The van der Waals surface area contributed by atoms with Crippen LogP contribution in [-0.4, -0.2) is 11.1 Å². The number of carboxylic acid groups (broad SMARTS) is 1. The molecule has 0 aliphatic heterocycles. The molecule has 2 aromatic carbocycles. The average Bonchev–Trinajstić information content (AvgIpc) is 2.33. The lowest BCUT2D eigenvalue weighted by atomic mass is 9.94. The second-order valence-corrected chi connectivity index (χ2v) is 4.55. The molecule has 92 valence electrons. The Labute approximate surface area is 111 Å². The van der Waals surface area contributed by atoms with Gasteiger partial charge in [0.2, 0.25) is 0 Å². The van der Waals surface area contributed by atoms with E-state index in [1.54, 1.807) is 0 Å². The number of aliphatic carboxylic acids is 1. The Morgan fingerprint density at radius 3 is 2.50 bits per heavy atom. The van der Waals surface area contributed by atoms with Gasteiger partial charge in [-0.3, -0.25) is 4.79 Å². The van der Waals surface area contributed by atoms with Gasteiger partial charge in [-0.15, -0.1) is 0 Å². The van der Waals surface area contributed by atoms with Crippen molar-refractivity contribution < 1.29 is 9.90 Å². The third kappa shape index (κ3) is 2.54. The zero-order valence-electron chi connectivity index (χ0n) is 9.98. The van der Waals surface area contributed by atoms with Crippen molar-refractivity contribution in [3.05, 3.63) is 58.6 Å². The molecule has 2 rings (SSSR count). The molecular weight excluding hydrogens is 248 g/mol. The fourth-order valence-corrected chi connectivity index (χ4v) is 2.17. The molecular formula is C15H13ClO2. The number of hydrogen-bond acceptors (Lipinski definition) is 1. The molecule has 18 heavy (non-hydrogen) atoms. The fraction of sp³-hybridized carbons (Fsp3) is 0.133. The van der Waals surface area contributed by atoms with Crippen molar-refractivity contribution in [2.24, 2.45) is 0 Å². The van der Waals surface area contributed by atoms with Gasteiger partial charge in [0.25, 0.3) is 0 Å². The lowest BCUT2D eigenvalue weighted by Crippen LogP contribution is -2.02. The Kier molecular flexibility index (Phi) is 3.68. The molecule has 2 nitrogen and oxygen atoms in total. The average molecular weight is 261 g/mol. The highest BCUT2D eigenvalue weighted by atomic mass is 35.5. The minimum atomic E-state index is -0.831. The SMILES string of the molecule is Cc1c(Cl)cccc1-c1ccccc1CC(=O)O. The van der Waals surface area contributed by atoms with Crippen LogP contribution < -0.4 is 0 Å². The third-order valence-electron chi connectivity index (χ3n) is 2.92. The Morgan fingerprint density at radius 2 is 1.78 bits per heavy atom. The molecule has 0 saturated heterocycles. The zero-order chi connectivity index (χ0) is 13.1. The van der Waals surface area contributed by atoms with Crippen LogP contribution in [0.15, 0.2) is 42.5 Å². The maximum absolute atomic E-state index is 10.9. The van der Waals surface area contributed by atoms with E-state index in [4.69, 9.17) is 16.7 Å². The van der Waals surface area contributed by atoms with E-state index in [-0.39, 0.29) is 6.42 Å². The molecule has 1 N–H and O–H groups in total. The van der Waals surface area contributed by atoms with E-state index < -0.39 is 5.97 Å². The van der Waals surface area contributed by atoms with Crippen LogP contribution in [0, 0.1) is 6.92 Å². The third-order valence-corrected chi connectivity index (χ3v) is 3.33. The fourth-order valence-electron chi connectivity index (χ4n) is 2.00. The van der Waals surface area contributed by atoms with Crippen LogP contribution in [0.3, 0.4) is 0 Å². The summed E-state index contributed by atoms with van der Waals surface area (Å²) in [6.07, 6.45) is 0.0160. The Morgan fingerprint density at radius 1 is 1.11 bits per heavy atom. The summed E-state index contributed by atoms with van der Waals surface area (Å²) in [7, 11) is 0. The van der Waals surface area contributed by atoms with Crippen LogP contribution in [0.2, 0.25) is 5.02 Å². The Hall–Kier alpha value is -1.80. The van der Waals surface area contributed by atoms with Crippen molar-refractivity contribution in [1.29, 1.82) is 0 Å². The molecule has 0 aromatic heterocycles. The first-order chi connectivity index (χ1) is 8.59. The summed E-state index contributed by atoms with van der Waals surface area (Å²) in [5.74, 6) is -0.831. The number of carbonyl (C=O) groups is 1. The lowest BCUT2D eigenvalue weighted by molar-refractivity contribution is -0.136. The van der Waals surface area contributed by atoms with Gasteiger partial charge in [-0.05, 0) is 35.2 Å². The summed E-state index contributed by atoms with van der Waals surface area (Å²) in [6, 6.07) is 13.2. The predicted octanol–water partition coefficient (Wildman–Crippen LogP) is 3.94. The first kappa shape index (κ1) is 12.7. The maximum Gasteiger partial charge on any atom is 0.307 e. The van der Waals surface area contributed by atoms with E-state index >= 15 is 0 Å². The van der Waals surface area contributed by atoms with Crippen molar-refractivity contribution in [1.82, 2.24) is 0 Å². The minimum absolute atomic E-state index is 0.0160. The molecule has 0 bridgehead atoms. The summed E-state index contributed by atoms with van der Waals surface area (Å²) in [5, 5.41) is 9.63.